The van der Waals surface area contributed by atoms with Crippen molar-refractivity contribution in [1.82, 2.24) is 0 Å². The number of carbonyl (C=O) groups is 1. The molecule has 0 fully saturated rings. The number of nitrogens with two attached hydrogens (primary N) is 1. The minimum Gasteiger partial charge on any atom is -0.399 e. The number of fused-ring (bicyclic) bond motifs is 1. The number of anilines is 2. The zero-order chi connectivity index (χ0) is 13.9. The molecular weight excluding hydrogens is 248 g/mol. The van der Waals surface area contributed by atoms with Crippen LogP contribution in [0.2, 0.25) is 0 Å². The van der Waals surface area contributed by atoms with Crippen LogP contribution in [0.1, 0.15) is 44.1 Å². The Morgan fingerprint density at radius 2 is 2.10 bits per heavy atom. The van der Waals surface area contributed by atoms with Crippen LogP contribution in [-0.4, -0.2) is 12.5 Å². The van der Waals surface area contributed by atoms with E-state index in [4.69, 9.17) is 5.73 Å². The van der Waals surface area contributed by atoms with Crippen molar-refractivity contribution in [1.29, 1.82) is 0 Å². The molecule has 0 radical (unpaired) electrons. The molecule has 1 aliphatic carbocycles. The summed E-state index contributed by atoms with van der Waals surface area (Å²) in [5, 5.41) is 0. The van der Waals surface area contributed by atoms with Gasteiger partial charge in [0.1, 0.15) is 0 Å². The van der Waals surface area contributed by atoms with Gasteiger partial charge in [0.05, 0.1) is 0 Å². The Hall–Kier alpha value is -1.77. The summed E-state index contributed by atoms with van der Waals surface area (Å²) in [4.78, 5) is 14.5. The Bertz CT molecular complexity index is 548. The van der Waals surface area contributed by atoms with Crippen LogP contribution < -0.4 is 10.6 Å². The van der Waals surface area contributed by atoms with Crippen LogP contribution in [0, 0.1) is 0 Å². The minimum atomic E-state index is 0.240. The van der Waals surface area contributed by atoms with Crippen molar-refractivity contribution in [2.75, 3.05) is 17.2 Å². The molecule has 1 aromatic rings. The molecule has 0 spiro atoms. The maximum absolute atomic E-state index is 12.6. The lowest BCUT2D eigenvalue weighted by Crippen LogP contribution is -2.35. The van der Waals surface area contributed by atoms with Crippen LogP contribution in [0.3, 0.4) is 0 Å². The van der Waals surface area contributed by atoms with E-state index in [1.54, 1.807) is 0 Å². The summed E-state index contributed by atoms with van der Waals surface area (Å²) in [6, 6.07) is 5.90. The first-order valence-corrected chi connectivity index (χ1v) is 7.61. The van der Waals surface area contributed by atoms with Crippen molar-refractivity contribution in [2.24, 2.45) is 0 Å². The van der Waals surface area contributed by atoms with E-state index in [0.29, 0.717) is 6.42 Å². The van der Waals surface area contributed by atoms with Crippen LogP contribution >= 0.6 is 0 Å². The fourth-order valence-corrected chi connectivity index (χ4v) is 3.23. The zero-order valence-electron chi connectivity index (χ0n) is 11.9. The molecule has 3 heteroatoms. The molecule has 0 atom stereocenters. The van der Waals surface area contributed by atoms with E-state index < -0.39 is 0 Å². The van der Waals surface area contributed by atoms with Gasteiger partial charge in [-0.25, -0.2) is 0 Å². The molecule has 0 saturated carbocycles. The van der Waals surface area contributed by atoms with Crippen LogP contribution in [0.25, 0.3) is 0 Å². The third kappa shape index (κ3) is 2.72. The molecule has 1 heterocycles. The van der Waals surface area contributed by atoms with E-state index in [0.717, 1.165) is 43.6 Å². The molecule has 1 aromatic carbocycles. The highest BCUT2D eigenvalue weighted by Crippen LogP contribution is 2.30. The van der Waals surface area contributed by atoms with Gasteiger partial charge < -0.3 is 10.6 Å². The molecule has 2 aliphatic rings. The summed E-state index contributed by atoms with van der Waals surface area (Å²) >= 11 is 0. The lowest BCUT2D eigenvalue weighted by Gasteiger charge is -2.30. The Morgan fingerprint density at radius 1 is 1.20 bits per heavy atom. The molecular formula is C17H22N2O. The van der Waals surface area contributed by atoms with E-state index in [9.17, 15) is 4.79 Å². The van der Waals surface area contributed by atoms with Crippen LogP contribution in [0.4, 0.5) is 11.4 Å². The number of hydrogen-bond donors (Lipinski definition) is 1. The highest BCUT2D eigenvalue weighted by Gasteiger charge is 2.23. The third-order valence-electron chi connectivity index (χ3n) is 4.29. The van der Waals surface area contributed by atoms with Crippen LogP contribution in [0.15, 0.2) is 29.8 Å². The second-order valence-corrected chi connectivity index (χ2v) is 5.82. The largest absolute Gasteiger partial charge is 0.399 e. The van der Waals surface area contributed by atoms with E-state index in [2.05, 4.69) is 6.08 Å². The van der Waals surface area contributed by atoms with Gasteiger partial charge in [-0.05, 0) is 62.3 Å². The van der Waals surface area contributed by atoms with E-state index in [-0.39, 0.29) is 5.91 Å². The second kappa shape index (κ2) is 5.70. The first-order valence-electron chi connectivity index (χ1n) is 7.61. The summed E-state index contributed by atoms with van der Waals surface area (Å²) < 4.78 is 0. The third-order valence-corrected chi connectivity index (χ3v) is 4.29. The lowest BCUT2D eigenvalue weighted by atomic mass is 9.95. The SMILES string of the molecule is Nc1ccc2c(c1)CCCN2C(=O)CC1=CCCCC1. The van der Waals surface area contributed by atoms with E-state index >= 15 is 0 Å². The predicted octanol–water partition coefficient (Wildman–Crippen LogP) is 3.44. The molecule has 1 aliphatic heterocycles. The number of aryl methyl sites for hydroxylation is 1. The molecule has 3 rings (SSSR count). The average Bonchev–Trinajstić information content (AvgIpc) is 2.47. The number of benzene rings is 1. The summed E-state index contributed by atoms with van der Waals surface area (Å²) in [5.41, 5.74) is 10.2. The van der Waals surface area contributed by atoms with Gasteiger partial charge >= 0.3 is 0 Å². The normalized spacial score (nSPS) is 18.4. The second-order valence-electron chi connectivity index (χ2n) is 5.82. The fraction of sp³-hybridized carbons (Fsp3) is 0.471. The monoisotopic (exact) mass is 270 g/mol. The first-order chi connectivity index (χ1) is 9.74. The number of rotatable bonds is 2. The van der Waals surface area contributed by atoms with Crippen molar-refractivity contribution >= 4 is 17.3 Å². The predicted molar refractivity (Wildman–Crippen MR) is 82.7 cm³/mol. The van der Waals surface area contributed by atoms with Gasteiger partial charge in [0.15, 0.2) is 0 Å². The lowest BCUT2D eigenvalue weighted by molar-refractivity contribution is -0.118. The molecule has 0 bridgehead atoms. The van der Waals surface area contributed by atoms with Gasteiger partial charge in [-0.15, -0.1) is 0 Å². The van der Waals surface area contributed by atoms with Crippen LogP contribution in [0.5, 0.6) is 0 Å². The maximum atomic E-state index is 12.6. The minimum absolute atomic E-state index is 0.240. The first kappa shape index (κ1) is 13.2. The van der Waals surface area contributed by atoms with Gasteiger partial charge in [-0.3, -0.25) is 4.79 Å². The Morgan fingerprint density at radius 3 is 2.90 bits per heavy atom. The van der Waals surface area contributed by atoms with Crippen molar-refractivity contribution < 1.29 is 4.79 Å². The van der Waals surface area contributed by atoms with Crippen molar-refractivity contribution in [3.8, 4) is 0 Å². The van der Waals surface area contributed by atoms with E-state index in [1.807, 2.05) is 23.1 Å². The molecule has 106 valence electrons. The summed E-state index contributed by atoms with van der Waals surface area (Å²) in [6.07, 6.45) is 9.62. The maximum Gasteiger partial charge on any atom is 0.231 e. The molecule has 0 unspecified atom stereocenters. The van der Waals surface area contributed by atoms with Gasteiger partial charge in [-0.1, -0.05) is 11.6 Å². The number of nitrogens with zero attached hydrogens (tertiary/aromatic N) is 1. The molecule has 20 heavy (non-hydrogen) atoms. The standard InChI is InChI=1S/C17H22N2O/c18-15-8-9-16-14(12-15)7-4-10-19(16)17(20)11-13-5-2-1-3-6-13/h5,8-9,12H,1-4,6-7,10-11,18H2. The quantitative estimate of drug-likeness (QED) is 0.661. The highest BCUT2D eigenvalue weighted by atomic mass is 16.2. The summed E-state index contributed by atoms with van der Waals surface area (Å²) in [5.74, 6) is 0.240. The Labute approximate surface area is 120 Å². The summed E-state index contributed by atoms with van der Waals surface area (Å²) in [6.45, 7) is 0.836. The molecule has 0 aromatic heterocycles. The van der Waals surface area contributed by atoms with Crippen molar-refractivity contribution in [3.63, 3.8) is 0 Å². The Kier molecular flexibility index (Phi) is 3.77. The number of nitrogen functional groups attached to an aromatic ring is 1. The van der Waals surface area contributed by atoms with Gasteiger partial charge in [0.2, 0.25) is 5.91 Å². The fourth-order valence-electron chi connectivity index (χ4n) is 3.23. The Balaban J connectivity index is 1.78. The van der Waals surface area contributed by atoms with E-state index in [1.165, 1.54) is 24.0 Å². The molecule has 1 amide bonds. The number of amides is 1. The molecule has 0 saturated heterocycles. The molecule has 2 N–H and O–H groups in total. The van der Waals surface area contributed by atoms with Gasteiger partial charge in [0.25, 0.3) is 0 Å². The smallest absolute Gasteiger partial charge is 0.231 e. The number of carbonyl (C=O) groups excluding carboxylic acids is 1. The molecule has 3 nitrogen and oxygen atoms in total. The van der Waals surface area contributed by atoms with Crippen LogP contribution in [-0.2, 0) is 11.2 Å². The zero-order valence-corrected chi connectivity index (χ0v) is 11.9. The van der Waals surface area contributed by atoms with Crippen molar-refractivity contribution in [2.45, 2.75) is 44.9 Å². The van der Waals surface area contributed by atoms with Gasteiger partial charge in [-0.2, -0.15) is 0 Å². The van der Waals surface area contributed by atoms with Crippen molar-refractivity contribution in [3.05, 3.63) is 35.4 Å². The number of allylic oxidation sites excluding steroid dienone is 1. The summed E-state index contributed by atoms with van der Waals surface area (Å²) in [7, 11) is 0. The average molecular weight is 270 g/mol. The van der Waals surface area contributed by atoms with Gasteiger partial charge in [0, 0.05) is 24.3 Å². The number of hydrogen-bond acceptors (Lipinski definition) is 2. The topological polar surface area (TPSA) is 46.3 Å². The highest BCUT2D eigenvalue weighted by molar-refractivity contribution is 5.96.